The smallest absolute Gasteiger partial charge is 0.241 e. The van der Waals surface area contributed by atoms with Gasteiger partial charge in [0.1, 0.15) is 11.5 Å². The van der Waals surface area contributed by atoms with Crippen molar-refractivity contribution in [2.75, 3.05) is 12.0 Å². The maximum atomic E-state index is 14.2. The highest BCUT2D eigenvalue weighted by molar-refractivity contribution is 6.24. The Labute approximate surface area is 207 Å². The molecule has 2 aromatic carbocycles. The number of methoxy groups -OCH3 is 1. The molecule has 2 aromatic rings. The number of phenolic OH excluding ortho intramolecular Hbond substituents is 1. The van der Waals surface area contributed by atoms with Crippen molar-refractivity contribution in [3.63, 3.8) is 0 Å². The number of nitrogens with one attached hydrogen (secondary N) is 1. The number of allylic oxidation sites excluding steroid dienone is 2. The summed E-state index contributed by atoms with van der Waals surface area (Å²) in [5, 5.41) is 12.6. The summed E-state index contributed by atoms with van der Waals surface area (Å²) in [6.07, 6.45) is 2.66. The Balaban J connectivity index is 1.57. The molecule has 6 unspecified atom stereocenters. The molecule has 2 heterocycles. The lowest BCUT2D eigenvalue weighted by Crippen LogP contribution is -2.48. The van der Waals surface area contributed by atoms with Gasteiger partial charge in [-0.2, -0.15) is 0 Å². The zero-order valence-electron chi connectivity index (χ0n) is 19.9. The number of imide groups is 2. The molecule has 8 heteroatoms. The normalized spacial score (nSPS) is 33.0. The van der Waals surface area contributed by atoms with Crippen LogP contribution in [0.1, 0.15) is 31.2 Å². The van der Waals surface area contributed by atoms with Crippen molar-refractivity contribution in [2.24, 2.45) is 29.1 Å². The van der Waals surface area contributed by atoms with Gasteiger partial charge in [-0.05, 0) is 43.9 Å². The fraction of sp³-hybridized carbons (Fsp3) is 0.357. The number of carbonyl (C=O) groups excluding carboxylic acids is 4. The van der Waals surface area contributed by atoms with Crippen LogP contribution in [-0.4, -0.2) is 35.8 Å². The van der Waals surface area contributed by atoms with Gasteiger partial charge >= 0.3 is 0 Å². The molecule has 4 aliphatic rings. The van der Waals surface area contributed by atoms with Crippen LogP contribution in [0, 0.1) is 29.1 Å². The molecule has 3 fully saturated rings. The highest BCUT2D eigenvalue weighted by Gasteiger charge is 2.67. The molecule has 0 spiro atoms. The van der Waals surface area contributed by atoms with Gasteiger partial charge in [-0.3, -0.25) is 24.5 Å². The number of para-hydroxylation sites is 1. The van der Waals surface area contributed by atoms with Gasteiger partial charge < -0.3 is 9.84 Å². The minimum Gasteiger partial charge on any atom is -0.508 e. The summed E-state index contributed by atoms with van der Waals surface area (Å²) in [6.45, 7) is 1.82. The van der Waals surface area contributed by atoms with E-state index >= 15 is 0 Å². The minimum absolute atomic E-state index is 0.0165. The van der Waals surface area contributed by atoms with E-state index in [0.29, 0.717) is 29.8 Å². The molecular formula is C28H26N2O6. The van der Waals surface area contributed by atoms with Crippen LogP contribution in [0.25, 0.3) is 0 Å². The molecule has 2 aliphatic carbocycles. The number of nitrogens with zero attached hydrogens (tertiary/aromatic N) is 1. The average molecular weight is 487 g/mol. The summed E-state index contributed by atoms with van der Waals surface area (Å²) < 4.78 is 5.62. The zero-order valence-corrected chi connectivity index (χ0v) is 19.9. The molecule has 184 valence electrons. The van der Waals surface area contributed by atoms with Crippen LogP contribution in [-0.2, 0) is 19.2 Å². The molecule has 2 saturated heterocycles. The van der Waals surface area contributed by atoms with E-state index in [4.69, 9.17) is 4.74 Å². The number of benzene rings is 2. The van der Waals surface area contributed by atoms with Crippen molar-refractivity contribution in [3.8, 4) is 11.5 Å². The molecule has 6 atom stereocenters. The van der Waals surface area contributed by atoms with Gasteiger partial charge in [0, 0.05) is 17.5 Å². The first-order chi connectivity index (χ1) is 17.3. The third-order valence-corrected chi connectivity index (χ3v) is 8.66. The second-order valence-electron chi connectivity index (χ2n) is 10.3. The Morgan fingerprint density at radius 2 is 1.78 bits per heavy atom. The molecule has 0 bridgehead atoms. The number of hydrogen-bond donors (Lipinski definition) is 2. The number of fused-ring (bicyclic) bond motifs is 4. The Bertz CT molecular complexity index is 1350. The van der Waals surface area contributed by atoms with Crippen molar-refractivity contribution in [2.45, 2.75) is 25.7 Å². The van der Waals surface area contributed by atoms with E-state index in [1.165, 1.54) is 24.1 Å². The van der Waals surface area contributed by atoms with E-state index in [1.807, 2.05) is 19.1 Å². The number of hydrogen-bond acceptors (Lipinski definition) is 6. The van der Waals surface area contributed by atoms with E-state index in [-0.39, 0.29) is 35.3 Å². The monoisotopic (exact) mass is 486 g/mol. The SMILES string of the molecule is COc1cc(O)ccc1C1C2=CCC3C(=O)NC(=O)C3C2CC2C(=O)N(c3ccccc3)C(=O)C21C. The van der Waals surface area contributed by atoms with Gasteiger partial charge in [0.15, 0.2) is 0 Å². The van der Waals surface area contributed by atoms with Gasteiger partial charge in [0.05, 0.1) is 36.0 Å². The van der Waals surface area contributed by atoms with Crippen LogP contribution in [0.3, 0.4) is 0 Å². The summed E-state index contributed by atoms with van der Waals surface area (Å²) >= 11 is 0. The van der Waals surface area contributed by atoms with Crippen LogP contribution in [0.4, 0.5) is 5.69 Å². The molecule has 2 N–H and O–H groups in total. The lowest BCUT2D eigenvalue weighted by molar-refractivity contribution is -0.131. The van der Waals surface area contributed by atoms with Crippen molar-refractivity contribution >= 4 is 29.3 Å². The third-order valence-electron chi connectivity index (χ3n) is 8.66. The van der Waals surface area contributed by atoms with Crippen molar-refractivity contribution < 1.29 is 29.0 Å². The second kappa shape index (κ2) is 7.78. The van der Waals surface area contributed by atoms with Crippen molar-refractivity contribution in [1.82, 2.24) is 5.32 Å². The van der Waals surface area contributed by atoms with Gasteiger partial charge in [-0.1, -0.05) is 35.9 Å². The predicted molar refractivity (Wildman–Crippen MR) is 129 cm³/mol. The van der Waals surface area contributed by atoms with Gasteiger partial charge in [0.25, 0.3) is 0 Å². The summed E-state index contributed by atoms with van der Waals surface area (Å²) in [4.78, 5) is 54.8. The van der Waals surface area contributed by atoms with Crippen molar-refractivity contribution in [1.29, 1.82) is 0 Å². The number of carbonyl (C=O) groups is 4. The molecule has 1 saturated carbocycles. The molecule has 8 nitrogen and oxygen atoms in total. The number of aromatic hydroxyl groups is 1. The summed E-state index contributed by atoms with van der Waals surface area (Å²) in [6, 6.07) is 13.6. The number of anilines is 1. The first-order valence-corrected chi connectivity index (χ1v) is 12.1. The highest BCUT2D eigenvalue weighted by atomic mass is 16.5. The van der Waals surface area contributed by atoms with E-state index in [0.717, 1.165) is 5.57 Å². The summed E-state index contributed by atoms with van der Waals surface area (Å²) in [7, 11) is 1.49. The molecule has 6 rings (SSSR count). The largest absolute Gasteiger partial charge is 0.508 e. The lowest BCUT2D eigenvalue weighted by atomic mass is 9.51. The maximum absolute atomic E-state index is 14.2. The lowest BCUT2D eigenvalue weighted by Gasteiger charge is -2.49. The molecule has 2 aliphatic heterocycles. The Kier molecular flexibility index (Phi) is 4.87. The fourth-order valence-electron chi connectivity index (χ4n) is 7.03. The standard InChI is InChI=1S/C28H26N2O6/c1-28-20(26(34)30(27(28)35)14-6-4-3-5-7-14)13-19-16(10-11-18-22(19)25(33)29-24(18)32)23(28)17-9-8-15(31)12-21(17)36-2/h3-10,12,18-20,22-23,31H,11,13H2,1-2H3,(H,29,32,33). The predicted octanol–water partition coefficient (Wildman–Crippen LogP) is 2.92. The fourth-order valence-corrected chi connectivity index (χ4v) is 7.03. The van der Waals surface area contributed by atoms with E-state index in [9.17, 15) is 24.3 Å². The number of amides is 4. The quantitative estimate of drug-likeness (QED) is 0.510. The number of phenols is 1. The molecular weight excluding hydrogens is 460 g/mol. The summed E-state index contributed by atoms with van der Waals surface area (Å²) in [5.74, 6) is -3.51. The van der Waals surface area contributed by atoms with Crippen LogP contribution < -0.4 is 15.0 Å². The van der Waals surface area contributed by atoms with Crippen LogP contribution in [0.2, 0.25) is 0 Å². The first kappa shape index (κ1) is 22.5. The van der Waals surface area contributed by atoms with Gasteiger partial charge in [-0.15, -0.1) is 0 Å². The van der Waals surface area contributed by atoms with Gasteiger partial charge in [0.2, 0.25) is 23.6 Å². The summed E-state index contributed by atoms with van der Waals surface area (Å²) in [5.41, 5.74) is 0.895. The van der Waals surface area contributed by atoms with E-state index < -0.39 is 29.1 Å². The van der Waals surface area contributed by atoms with Crippen LogP contribution in [0.15, 0.2) is 60.2 Å². The maximum Gasteiger partial charge on any atom is 0.241 e. The third kappa shape index (κ3) is 2.87. The Morgan fingerprint density at radius 1 is 1.03 bits per heavy atom. The molecule has 36 heavy (non-hydrogen) atoms. The number of ether oxygens (including phenoxy) is 1. The van der Waals surface area contributed by atoms with Crippen molar-refractivity contribution in [3.05, 3.63) is 65.7 Å². The van der Waals surface area contributed by atoms with Crippen LogP contribution in [0.5, 0.6) is 11.5 Å². The van der Waals surface area contributed by atoms with E-state index in [1.54, 1.807) is 30.3 Å². The second-order valence-corrected chi connectivity index (χ2v) is 10.3. The average Bonchev–Trinajstić information content (AvgIpc) is 3.27. The molecule has 0 radical (unpaired) electrons. The topological polar surface area (TPSA) is 113 Å². The molecule has 4 amide bonds. The van der Waals surface area contributed by atoms with E-state index in [2.05, 4.69) is 5.32 Å². The zero-order chi connectivity index (χ0) is 25.4. The number of rotatable bonds is 3. The Hall–Kier alpha value is -3.94. The molecule has 0 aromatic heterocycles. The Morgan fingerprint density at radius 3 is 2.50 bits per heavy atom. The first-order valence-electron chi connectivity index (χ1n) is 12.1. The minimum atomic E-state index is -1.15. The highest BCUT2D eigenvalue weighted by Crippen LogP contribution is 2.64. The van der Waals surface area contributed by atoms with Crippen LogP contribution >= 0.6 is 0 Å². The van der Waals surface area contributed by atoms with Gasteiger partial charge in [-0.25, -0.2) is 4.90 Å².